The van der Waals surface area contributed by atoms with Gasteiger partial charge < -0.3 is 10.1 Å². The molecule has 1 aliphatic rings. The Hall–Kier alpha value is -1.47. The minimum absolute atomic E-state index is 0.265. The van der Waals surface area contributed by atoms with Crippen LogP contribution in [0.1, 0.15) is 29.8 Å². The van der Waals surface area contributed by atoms with Crippen molar-refractivity contribution < 1.29 is 4.74 Å². The maximum atomic E-state index is 5.51. The van der Waals surface area contributed by atoms with E-state index in [0.717, 1.165) is 42.9 Å². The standard InChI is InChI=1S/C13H21N5OS/c1-9-12(10(2)18(3)17-9)8-15-16-13(20)14-7-11-5-4-6-19-11/h8,11H,4-7H2,1-3H3,(H2,14,16,20)/t11-/m0/s1. The number of nitrogens with one attached hydrogen (secondary N) is 2. The highest BCUT2D eigenvalue weighted by atomic mass is 32.1. The second-order valence-corrected chi connectivity index (χ2v) is 5.33. The lowest BCUT2D eigenvalue weighted by Gasteiger charge is -2.11. The number of ether oxygens (including phenoxy) is 1. The van der Waals surface area contributed by atoms with E-state index < -0.39 is 0 Å². The first kappa shape index (κ1) is 14.9. The van der Waals surface area contributed by atoms with E-state index in [1.165, 1.54) is 0 Å². The highest BCUT2D eigenvalue weighted by Gasteiger charge is 2.15. The smallest absolute Gasteiger partial charge is 0.187 e. The van der Waals surface area contributed by atoms with E-state index in [-0.39, 0.29) is 6.10 Å². The molecule has 1 fully saturated rings. The SMILES string of the molecule is Cc1nn(C)c(C)c1C=NNC(=S)NC[C@@H]1CCCO1. The van der Waals surface area contributed by atoms with E-state index in [1.54, 1.807) is 6.21 Å². The summed E-state index contributed by atoms with van der Waals surface area (Å²) >= 11 is 5.16. The van der Waals surface area contributed by atoms with Crippen LogP contribution in [0.2, 0.25) is 0 Å². The fourth-order valence-corrected chi connectivity index (χ4v) is 2.32. The van der Waals surface area contributed by atoms with E-state index in [4.69, 9.17) is 17.0 Å². The first-order valence-electron chi connectivity index (χ1n) is 6.76. The zero-order valence-corrected chi connectivity index (χ0v) is 13.0. The molecule has 6 nitrogen and oxygen atoms in total. The molecule has 0 aliphatic carbocycles. The Morgan fingerprint density at radius 2 is 2.40 bits per heavy atom. The molecule has 0 radical (unpaired) electrons. The Bertz CT molecular complexity index is 505. The second-order valence-electron chi connectivity index (χ2n) is 4.92. The normalized spacial score (nSPS) is 18.6. The Balaban J connectivity index is 1.78. The van der Waals surface area contributed by atoms with Gasteiger partial charge in [0.05, 0.1) is 18.0 Å². The number of aryl methyl sites for hydroxylation is 2. The van der Waals surface area contributed by atoms with Crippen LogP contribution in [0.25, 0.3) is 0 Å². The van der Waals surface area contributed by atoms with Gasteiger partial charge in [-0.25, -0.2) is 0 Å². The summed E-state index contributed by atoms with van der Waals surface area (Å²) in [7, 11) is 1.92. The summed E-state index contributed by atoms with van der Waals surface area (Å²) in [4.78, 5) is 0. The largest absolute Gasteiger partial charge is 0.376 e. The van der Waals surface area contributed by atoms with Crippen LogP contribution in [0.4, 0.5) is 0 Å². The first-order chi connectivity index (χ1) is 9.58. The highest BCUT2D eigenvalue weighted by molar-refractivity contribution is 7.80. The predicted octanol–water partition coefficient (Wildman–Crippen LogP) is 1.01. The minimum Gasteiger partial charge on any atom is -0.376 e. The number of rotatable bonds is 4. The molecule has 2 N–H and O–H groups in total. The van der Waals surface area contributed by atoms with Gasteiger partial charge in [-0.3, -0.25) is 10.1 Å². The number of hydrazone groups is 1. The molecule has 0 spiro atoms. The lowest BCUT2D eigenvalue weighted by molar-refractivity contribution is 0.114. The van der Waals surface area contributed by atoms with Crippen LogP contribution in [0.5, 0.6) is 0 Å². The van der Waals surface area contributed by atoms with Gasteiger partial charge in [0.2, 0.25) is 0 Å². The second kappa shape index (κ2) is 6.81. The quantitative estimate of drug-likeness (QED) is 0.493. The van der Waals surface area contributed by atoms with E-state index in [2.05, 4.69) is 20.9 Å². The van der Waals surface area contributed by atoms with E-state index in [0.29, 0.717) is 5.11 Å². The van der Waals surface area contributed by atoms with Crippen LogP contribution in [0.3, 0.4) is 0 Å². The minimum atomic E-state index is 0.265. The molecule has 7 heteroatoms. The molecule has 2 rings (SSSR count). The van der Waals surface area contributed by atoms with Gasteiger partial charge in [0.1, 0.15) is 0 Å². The lowest BCUT2D eigenvalue weighted by atomic mass is 10.2. The summed E-state index contributed by atoms with van der Waals surface area (Å²) in [6.07, 6.45) is 4.23. The number of nitrogens with zero attached hydrogens (tertiary/aromatic N) is 3. The van der Waals surface area contributed by atoms with Crippen molar-refractivity contribution in [1.29, 1.82) is 0 Å². The van der Waals surface area contributed by atoms with Gasteiger partial charge in [0.15, 0.2) is 5.11 Å². The van der Waals surface area contributed by atoms with E-state index >= 15 is 0 Å². The third kappa shape index (κ3) is 3.77. The van der Waals surface area contributed by atoms with Crippen LogP contribution in [0.15, 0.2) is 5.10 Å². The molecule has 0 bridgehead atoms. The van der Waals surface area contributed by atoms with Crippen LogP contribution in [-0.2, 0) is 11.8 Å². The Morgan fingerprint density at radius 3 is 3.00 bits per heavy atom. The Morgan fingerprint density at radius 1 is 1.60 bits per heavy atom. The molecule has 0 unspecified atom stereocenters. The molecule has 110 valence electrons. The summed E-state index contributed by atoms with van der Waals surface area (Å²) in [6.45, 7) is 5.55. The Kier molecular flexibility index (Phi) is 5.08. The molecular weight excluding hydrogens is 274 g/mol. The summed E-state index contributed by atoms with van der Waals surface area (Å²) in [5.41, 5.74) is 5.86. The predicted molar refractivity (Wildman–Crippen MR) is 83.0 cm³/mol. The average Bonchev–Trinajstić information content (AvgIpc) is 3.00. The molecule has 0 aromatic carbocycles. The molecule has 1 saturated heterocycles. The summed E-state index contributed by atoms with van der Waals surface area (Å²) in [6, 6.07) is 0. The zero-order valence-electron chi connectivity index (χ0n) is 12.1. The molecule has 0 saturated carbocycles. The summed E-state index contributed by atoms with van der Waals surface area (Å²) in [5, 5.41) is 12.1. The van der Waals surface area contributed by atoms with Gasteiger partial charge in [-0.15, -0.1) is 0 Å². The molecule has 1 aromatic rings. The molecule has 20 heavy (non-hydrogen) atoms. The topological polar surface area (TPSA) is 63.5 Å². The molecule has 0 amide bonds. The number of aromatic nitrogens is 2. The third-order valence-electron chi connectivity index (χ3n) is 3.44. The van der Waals surface area contributed by atoms with Crippen molar-refractivity contribution in [1.82, 2.24) is 20.5 Å². The lowest BCUT2D eigenvalue weighted by Crippen LogP contribution is -2.37. The van der Waals surface area contributed by atoms with Crippen molar-refractivity contribution in [3.05, 3.63) is 17.0 Å². The van der Waals surface area contributed by atoms with Crippen molar-refractivity contribution in [2.75, 3.05) is 13.2 Å². The fraction of sp³-hybridized carbons (Fsp3) is 0.615. The molecule has 1 aromatic heterocycles. The monoisotopic (exact) mass is 295 g/mol. The van der Waals surface area contributed by atoms with Gasteiger partial charge in [-0.05, 0) is 38.9 Å². The first-order valence-corrected chi connectivity index (χ1v) is 7.17. The van der Waals surface area contributed by atoms with Crippen molar-refractivity contribution in [3.63, 3.8) is 0 Å². The van der Waals surface area contributed by atoms with Crippen molar-refractivity contribution in [2.24, 2.45) is 12.1 Å². The van der Waals surface area contributed by atoms with Gasteiger partial charge in [0, 0.05) is 31.5 Å². The average molecular weight is 295 g/mol. The fourth-order valence-electron chi connectivity index (χ4n) is 2.18. The zero-order chi connectivity index (χ0) is 14.5. The van der Waals surface area contributed by atoms with Crippen LogP contribution in [0, 0.1) is 13.8 Å². The van der Waals surface area contributed by atoms with E-state index in [9.17, 15) is 0 Å². The molecule has 1 atom stereocenters. The van der Waals surface area contributed by atoms with Gasteiger partial charge in [-0.1, -0.05) is 0 Å². The highest BCUT2D eigenvalue weighted by Crippen LogP contribution is 2.10. The number of hydrogen-bond acceptors (Lipinski definition) is 4. The molecule has 1 aliphatic heterocycles. The van der Waals surface area contributed by atoms with Crippen LogP contribution >= 0.6 is 12.2 Å². The van der Waals surface area contributed by atoms with Gasteiger partial charge >= 0.3 is 0 Å². The van der Waals surface area contributed by atoms with Gasteiger partial charge in [0.25, 0.3) is 0 Å². The summed E-state index contributed by atoms with van der Waals surface area (Å²) in [5.74, 6) is 0. The molecule has 2 heterocycles. The van der Waals surface area contributed by atoms with Crippen molar-refractivity contribution in [2.45, 2.75) is 32.8 Å². The van der Waals surface area contributed by atoms with Crippen LogP contribution in [-0.4, -0.2) is 40.4 Å². The maximum Gasteiger partial charge on any atom is 0.187 e. The number of thiocarbonyl (C=S) groups is 1. The van der Waals surface area contributed by atoms with Crippen molar-refractivity contribution in [3.8, 4) is 0 Å². The van der Waals surface area contributed by atoms with E-state index in [1.807, 2.05) is 25.6 Å². The maximum absolute atomic E-state index is 5.51. The Labute approximate surface area is 124 Å². The number of hydrogen-bond donors (Lipinski definition) is 2. The van der Waals surface area contributed by atoms with Crippen LogP contribution < -0.4 is 10.7 Å². The van der Waals surface area contributed by atoms with Gasteiger partial charge in [-0.2, -0.15) is 10.2 Å². The summed E-state index contributed by atoms with van der Waals surface area (Å²) < 4.78 is 7.35. The molecular formula is C13H21N5OS. The van der Waals surface area contributed by atoms with Crippen molar-refractivity contribution >= 4 is 23.5 Å². The third-order valence-corrected chi connectivity index (χ3v) is 3.67.